The molecule has 0 radical (unpaired) electrons. The smallest absolute Gasteiger partial charge is 0.270 e. The number of benzene rings is 1. The van der Waals surface area contributed by atoms with Crippen LogP contribution in [0.3, 0.4) is 0 Å². The number of sulfonamides is 1. The summed E-state index contributed by atoms with van der Waals surface area (Å²) in [4.78, 5) is 10.0. The van der Waals surface area contributed by atoms with E-state index in [4.69, 9.17) is 4.74 Å². The molecule has 0 fully saturated rings. The number of rotatable bonds is 9. The van der Waals surface area contributed by atoms with Crippen LogP contribution in [-0.4, -0.2) is 46.7 Å². The number of halogens is 1. The van der Waals surface area contributed by atoms with Crippen molar-refractivity contribution in [1.82, 2.24) is 10.0 Å². The van der Waals surface area contributed by atoms with Gasteiger partial charge in [-0.05, 0) is 12.5 Å². The Labute approximate surface area is 135 Å². The van der Waals surface area contributed by atoms with E-state index >= 15 is 0 Å². The largest absolute Gasteiger partial charge is 0.383 e. The van der Waals surface area contributed by atoms with Gasteiger partial charge in [0.1, 0.15) is 0 Å². The molecule has 0 aliphatic heterocycles. The van der Waals surface area contributed by atoms with Crippen molar-refractivity contribution in [3.05, 3.63) is 33.9 Å². The average Bonchev–Trinajstić information content (AvgIpc) is 2.42. The van der Waals surface area contributed by atoms with Gasteiger partial charge in [0.05, 0.1) is 16.4 Å². The second-order valence-corrected chi connectivity index (χ2v) is 6.08. The molecule has 2 N–H and O–H groups in total. The number of nitro benzene ring substituents is 1. The van der Waals surface area contributed by atoms with E-state index in [-0.39, 0.29) is 29.5 Å². The lowest BCUT2D eigenvalue weighted by molar-refractivity contribution is -0.385. The molecule has 0 unspecified atom stereocenters. The number of nitrogens with zero attached hydrogens (tertiary/aromatic N) is 1. The minimum Gasteiger partial charge on any atom is -0.383 e. The van der Waals surface area contributed by atoms with Crippen LogP contribution in [0, 0.1) is 17.0 Å². The molecule has 0 aliphatic carbocycles. The summed E-state index contributed by atoms with van der Waals surface area (Å²) in [5, 5.41) is 13.7. The maximum Gasteiger partial charge on any atom is 0.270 e. The molecule has 0 saturated heterocycles. The highest BCUT2D eigenvalue weighted by Gasteiger charge is 2.19. The number of non-ortho nitro benzene ring substituents is 1. The molecule has 0 spiro atoms. The summed E-state index contributed by atoms with van der Waals surface area (Å²) in [5.74, 6) is 0. The van der Waals surface area contributed by atoms with E-state index in [2.05, 4.69) is 10.0 Å². The van der Waals surface area contributed by atoms with E-state index in [1.54, 1.807) is 14.0 Å². The Hall–Kier alpha value is -1.26. The second kappa shape index (κ2) is 9.70. The molecular weight excluding hydrogens is 334 g/mol. The van der Waals surface area contributed by atoms with Crippen molar-refractivity contribution in [2.75, 3.05) is 33.4 Å². The Morgan fingerprint density at radius 1 is 1.27 bits per heavy atom. The summed E-state index contributed by atoms with van der Waals surface area (Å²) in [6.07, 6.45) is 0. The highest BCUT2D eigenvalue weighted by Crippen LogP contribution is 2.21. The molecule has 0 heterocycles. The first-order valence-corrected chi connectivity index (χ1v) is 7.81. The topological polar surface area (TPSA) is 111 Å². The lowest BCUT2D eigenvalue weighted by Gasteiger charge is -2.09. The van der Waals surface area contributed by atoms with E-state index < -0.39 is 14.9 Å². The number of hydrogen-bond acceptors (Lipinski definition) is 6. The Morgan fingerprint density at radius 3 is 2.55 bits per heavy atom. The molecule has 0 bridgehead atoms. The number of aryl methyl sites for hydroxylation is 1. The lowest BCUT2D eigenvalue weighted by atomic mass is 10.2. The average molecular weight is 354 g/mol. The highest BCUT2D eigenvalue weighted by molar-refractivity contribution is 7.89. The summed E-state index contributed by atoms with van der Waals surface area (Å²) in [5.41, 5.74) is 0.208. The molecular formula is C12H20ClN3O5S. The zero-order valence-electron chi connectivity index (χ0n) is 12.4. The monoisotopic (exact) mass is 353 g/mol. The first-order valence-electron chi connectivity index (χ1n) is 6.33. The third-order valence-electron chi connectivity index (χ3n) is 2.75. The van der Waals surface area contributed by atoms with Gasteiger partial charge in [-0.15, -0.1) is 12.4 Å². The quantitative estimate of drug-likeness (QED) is 0.386. The van der Waals surface area contributed by atoms with Gasteiger partial charge in [-0.25, -0.2) is 13.1 Å². The van der Waals surface area contributed by atoms with Gasteiger partial charge in [0.2, 0.25) is 10.0 Å². The van der Waals surface area contributed by atoms with Crippen LogP contribution in [0.4, 0.5) is 5.69 Å². The number of ether oxygens (including phenoxy) is 1. The third kappa shape index (κ3) is 6.24. The number of methoxy groups -OCH3 is 1. The molecule has 0 aromatic heterocycles. The normalized spacial score (nSPS) is 11.0. The van der Waals surface area contributed by atoms with Crippen molar-refractivity contribution in [2.24, 2.45) is 0 Å². The first-order chi connectivity index (χ1) is 9.88. The second-order valence-electron chi connectivity index (χ2n) is 4.35. The molecule has 126 valence electrons. The van der Waals surface area contributed by atoms with Crippen LogP contribution in [0.25, 0.3) is 0 Å². The van der Waals surface area contributed by atoms with E-state index in [0.29, 0.717) is 25.3 Å². The lowest BCUT2D eigenvalue weighted by Crippen LogP contribution is -2.33. The van der Waals surface area contributed by atoms with E-state index in [0.717, 1.165) is 6.07 Å². The Balaban J connectivity index is 0.00000441. The molecule has 0 amide bonds. The highest BCUT2D eigenvalue weighted by atomic mass is 35.5. The third-order valence-corrected chi connectivity index (χ3v) is 4.35. The van der Waals surface area contributed by atoms with Gasteiger partial charge in [0.15, 0.2) is 0 Å². The predicted octanol–water partition coefficient (Wildman–Crippen LogP) is 0.839. The van der Waals surface area contributed by atoms with Crippen LogP contribution in [-0.2, 0) is 14.8 Å². The summed E-state index contributed by atoms with van der Waals surface area (Å²) in [6.45, 7) is 3.38. The zero-order chi connectivity index (χ0) is 15.9. The molecule has 10 heteroatoms. The zero-order valence-corrected chi connectivity index (χ0v) is 14.0. The van der Waals surface area contributed by atoms with Crippen LogP contribution >= 0.6 is 12.4 Å². The summed E-state index contributed by atoms with van der Waals surface area (Å²) < 4.78 is 31.5. The van der Waals surface area contributed by atoms with Crippen LogP contribution < -0.4 is 10.0 Å². The van der Waals surface area contributed by atoms with E-state index in [1.165, 1.54) is 12.1 Å². The number of nitro groups is 1. The van der Waals surface area contributed by atoms with E-state index in [1.807, 2.05) is 0 Å². The minimum absolute atomic E-state index is 0. The van der Waals surface area contributed by atoms with Crippen molar-refractivity contribution >= 4 is 28.1 Å². The van der Waals surface area contributed by atoms with Crippen molar-refractivity contribution < 1.29 is 18.1 Å². The number of nitrogens with one attached hydrogen (secondary N) is 2. The Bertz CT molecular complexity index is 594. The Kier molecular flexibility index (Phi) is 9.14. The predicted molar refractivity (Wildman–Crippen MR) is 85.0 cm³/mol. The number of hydrogen-bond donors (Lipinski definition) is 2. The van der Waals surface area contributed by atoms with Gasteiger partial charge >= 0.3 is 0 Å². The van der Waals surface area contributed by atoms with Gasteiger partial charge in [-0.3, -0.25) is 10.1 Å². The fourth-order valence-electron chi connectivity index (χ4n) is 1.64. The van der Waals surface area contributed by atoms with Crippen LogP contribution in [0.2, 0.25) is 0 Å². The van der Waals surface area contributed by atoms with Crippen molar-refractivity contribution in [2.45, 2.75) is 11.8 Å². The molecule has 1 aromatic rings. The fourth-order valence-corrected chi connectivity index (χ4v) is 2.94. The van der Waals surface area contributed by atoms with Crippen LogP contribution in [0.1, 0.15) is 5.56 Å². The Morgan fingerprint density at radius 2 is 1.95 bits per heavy atom. The van der Waals surface area contributed by atoms with E-state index in [9.17, 15) is 18.5 Å². The van der Waals surface area contributed by atoms with Gasteiger partial charge in [0, 0.05) is 38.9 Å². The maximum absolute atomic E-state index is 12.1. The molecule has 0 aliphatic rings. The molecule has 1 aromatic carbocycles. The van der Waals surface area contributed by atoms with Crippen molar-refractivity contribution in [3.8, 4) is 0 Å². The van der Waals surface area contributed by atoms with Gasteiger partial charge in [0.25, 0.3) is 5.69 Å². The minimum atomic E-state index is -3.77. The van der Waals surface area contributed by atoms with Gasteiger partial charge < -0.3 is 10.1 Å². The van der Waals surface area contributed by atoms with Gasteiger partial charge in [-0.2, -0.15) is 0 Å². The molecule has 1 rings (SSSR count). The van der Waals surface area contributed by atoms with Crippen molar-refractivity contribution in [1.29, 1.82) is 0 Å². The first kappa shape index (κ1) is 20.7. The molecule has 0 atom stereocenters. The van der Waals surface area contributed by atoms with Crippen molar-refractivity contribution in [3.63, 3.8) is 0 Å². The SMILES string of the molecule is COCCNCCNS(=O)(=O)c1cc([N+](=O)[O-])ccc1C.Cl. The molecule has 8 nitrogen and oxygen atoms in total. The standard InChI is InChI=1S/C12H19N3O5S.ClH/c1-10-3-4-11(15(16)17)9-12(10)21(18,19)14-6-5-13-7-8-20-2;/h3-4,9,13-14H,5-8H2,1-2H3;1H. The van der Waals surface area contributed by atoms with Crippen LogP contribution in [0.15, 0.2) is 23.1 Å². The fraction of sp³-hybridized carbons (Fsp3) is 0.500. The molecule has 0 saturated carbocycles. The maximum atomic E-state index is 12.1. The van der Waals surface area contributed by atoms with Crippen LogP contribution in [0.5, 0.6) is 0 Å². The van der Waals surface area contributed by atoms with Gasteiger partial charge in [-0.1, -0.05) is 6.07 Å². The summed E-state index contributed by atoms with van der Waals surface area (Å²) in [6, 6.07) is 3.76. The summed E-state index contributed by atoms with van der Waals surface area (Å²) in [7, 11) is -2.19. The molecule has 22 heavy (non-hydrogen) atoms. The summed E-state index contributed by atoms with van der Waals surface area (Å²) >= 11 is 0.